The molecule has 2 saturated heterocycles. The Bertz CT molecular complexity index is 901. The Kier molecular flexibility index (Phi) is 7.98. The Morgan fingerprint density at radius 3 is 2.82 bits per heavy atom. The summed E-state index contributed by atoms with van der Waals surface area (Å²) in [6, 6.07) is 4.78. The number of rotatable bonds is 5. The average Bonchev–Trinajstić information content (AvgIpc) is 3.34. The molecule has 0 spiro atoms. The number of fused-ring (bicyclic) bond motifs is 1. The lowest BCUT2D eigenvalue weighted by molar-refractivity contribution is 0.111. The molecule has 4 atom stereocenters. The number of hydrogen-bond acceptors (Lipinski definition) is 6. The van der Waals surface area contributed by atoms with Crippen molar-refractivity contribution in [3.05, 3.63) is 39.8 Å². The quantitative estimate of drug-likeness (QED) is 0.471. The molecule has 0 aromatic heterocycles. The number of benzene rings is 1. The molecule has 10 heteroatoms. The van der Waals surface area contributed by atoms with Crippen LogP contribution in [0.1, 0.15) is 36.0 Å². The van der Waals surface area contributed by atoms with Crippen molar-refractivity contribution in [3.63, 3.8) is 0 Å². The third kappa shape index (κ3) is 6.65. The second-order valence-corrected chi connectivity index (χ2v) is 12.9. The maximum absolute atomic E-state index is 12.2. The van der Waals surface area contributed by atoms with Gasteiger partial charge in [-0.2, -0.15) is 0 Å². The number of halogens is 3. The number of nitrogens with zero attached hydrogens (tertiary/aromatic N) is 1. The van der Waals surface area contributed by atoms with E-state index in [2.05, 4.69) is 29.7 Å². The number of amides is 1. The fourth-order valence-electron chi connectivity index (χ4n) is 4.85. The summed E-state index contributed by atoms with van der Waals surface area (Å²) in [5.74, 6) is 0.382. The average molecular weight is 535 g/mol. The number of carbonyl (C=O) groups excluding carboxylic acids is 1. The number of alkyl halides is 3. The van der Waals surface area contributed by atoms with Crippen LogP contribution in [0.4, 0.5) is 4.79 Å². The van der Waals surface area contributed by atoms with Gasteiger partial charge in [-0.1, -0.05) is 46.9 Å². The number of carbonyl (C=O) groups is 1. The van der Waals surface area contributed by atoms with Crippen molar-refractivity contribution < 1.29 is 14.6 Å². The molecule has 4 rings (SSSR count). The highest BCUT2D eigenvalue weighted by atomic mass is 35.6. The molecule has 3 N–H and O–H groups in total. The number of phenols is 1. The van der Waals surface area contributed by atoms with Crippen LogP contribution in [-0.4, -0.2) is 63.1 Å². The van der Waals surface area contributed by atoms with Gasteiger partial charge < -0.3 is 25.4 Å². The summed E-state index contributed by atoms with van der Waals surface area (Å²) < 4.78 is 3.50. The van der Waals surface area contributed by atoms with E-state index in [-0.39, 0.29) is 18.7 Å². The Morgan fingerprint density at radius 1 is 1.30 bits per heavy atom. The number of phenolic OH excluding ortho intramolecular Hbond substituents is 1. The molecular weight excluding hydrogens is 505 g/mol. The molecule has 1 aromatic carbocycles. The van der Waals surface area contributed by atoms with Crippen LogP contribution in [0.25, 0.3) is 0 Å². The van der Waals surface area contributed by atoms with E-state index in [1.165, 1.54) is 4.91 Å². The maximum Gasteiger partial charge on any atom is 0.409 e. The number of aromatic hydroxyl groups is 1. The van der Waals surface area contributed by atoms with E-state index in [9.17, 15) is 9.90 Å². The van der Waals surface area contributed by atoms with Crippen LogP contribution < -0.4 is 10.6 Å². The SMILES string of the molecule is Cc1cc(C)c(CC2C=C3SC(NC4CCN(C(=O)OCC(Cl)(Cl)Cl)C4)CCC3N2)c(O)c1. The van der Waals surface area contributed by atoms with Gasteiger partial charge in [-0.3, -0.25) is 0 Å². The second-order valence-electron chi connectivity index (χ2n) is 9.13. The van der Waals surface area contributed by atoms with Crippen molar-refractivity contribution in [1.82, 2.24) is 15.5 Å². The van der Waals surface area contributed by atoms with Gasteiger partial charge in [-0.05, 0) is 62.3 Å². The van der Waals surface area contributed by atoms with Gasteiger partial charge in [0, 0.05) is 36.1 Å². The van der Waals surface area contributed by atoms with E-state index in [1.54, 1.807) is 4.90 Å². The van der Waals surface area contributed by atoms with Gasteiger partial charge in [0.05, 0.1) is 5.37 Å². The first-order chi connectivity index (χ1) is 15.6. The number of likely N-dealkylation sites (tertiary alicyclic amines) is 1. The summed E-state index contributed by atoms with van der Waals surface area (Å²) in [6.45, 7) is 5.02. The fraction of sp³-hybridized carbons (Fsp3) is 0.609. The van der Waals surface area contributed by atoms with Crippen molar-refractivity contribution in [1.29, 1.82) is 0 Å². The van der Waals surface area contributed by atoms with Crippen LogP contribution in [0.15, 0.2) is 23.1 Å². The lowest BCUT2D eigenvalue weighted by Gasteiger charge is -2.31. The molecule has 3 aliphatic rings. The van der Waals surface area contributed by atoms with Gasteiger partial charge in [0.15, 0.2) is 0 Å². The van der Waals surface area contributed by atoms with Crippen LogP contribution in [0.5, 0.6) is 5.75 Å². The van der Waals surface area contributed by atoms with E-state index < -0.39 is 9.89 Å². The Balaban J connectivity index is 1.28. The molecule has 0 radical (unpaired) electrons. The Morgan fingerprint density at radius 2 is 2.09 bits per heavy atom. The van der Waals surface area contributed by atoms with Crippen LogP contribution in [0, 0.1) is 13.8 Å². The largest absolute Gasteiger partial charge is 0.508 e. The molecule has 6 nitrogen and oxygen atoms in total. The standard InChI is InChI=1S/C23H30Cl3N3O3S/c1-13-7-14(2)17(19(30)8-13)9-16-10-20-18(27-16)3-4-21(33-20)28-15-5-6-29(11-15)22(31)32-12-23(24,25)26/h7-8,10,15-16,18,21,27-28,30H,3-6,9,11-12H2,1-2H3. The Labute approximate surface area is 214 Å². The fourth-order valence-corrected chi connectivity index (χ4v) is 6.45. The zero-order valence-electron chi connectivity index (χ0n) is 18.7. The van der Waals surface area contributed by atoms with Crippen molar-refractivity contribution >= 4 is 52.7 Å². The molecule has 1 aromatic rings. The van der Waals surface area contributed by atoms with Gasteiger partial charge in [0.2, 0.25) is 3.79 Å². The minimum atomic E-state index is -1.60. The van der Waals surface area contributed by atoms with Gasteiger partial charge in [-0.25, -0.2) is 4.79 Å². The van der Waals surface area contributed by atoms with E-state index in [1.807, 2.05) is 24.8 Å². The van der Waals surface area contributed by atoms with Crippen LogP contribution in [0.2, 0.25) is 0 Å². The Hall–Kier alpha value is -0.830. The molecule has 0 aliphatic carbocycles. The molecule has 2 fully saturated rings. The molecule has 1 amide bonds. The number of aryl methyl sites for hydroxylation is 2. The maximum atomic E-state index is 12.2. The molecule has 0 bridgehead atoms. The first kappa shape index (κ1) is 25.3. The van der Waals surface area contributed by atoms with Crippen molar-refractivity contribution in [2.24, 2.45) is 0 Å². The first-order valence-electron chi connectivity index (χ1n) is 11.3. The van der Waals surface area contributed by atoms with E-state index in [0.717, 1.165) is 42.4 Å². The van der Waals surface area contributed by atoms with Crippen LogP contribution in [0.3, 0.4) is 0 Å². The summed E-state index contributed by atoms with van der Waals surface area (Å²) in [7, 11) is 0. The highest BCUT2D eigenvalue weighted by molar-refractivity contribution is 8.03. The lowest BCUT2D eigenvalue weighted by Crippen LogP contribution is -2.43. The zero-order valence-corrected chi connectivity index (χ0v) is 21.8. The van der Waals surface area contributed by atoms with Gasteiger partial charge >= 0.3 is 6.09 Å². The zero-order chi connectivity index (χ0) is 23.8. The monoisotopic (exact) mass is 533 g/mol. The molecule has 4 unspecified atom stereocenters. The predicted octanol–water partition coefficient (Wildman–Crippen LogP) is 4.80. The smallest absolute Gasteiger partial charge is 0.409 e. The number of hydrogen-bond donors (Lipinski definition) is 3. The van der Waals surface area contributed by atoms with Gasteiger partial charge in [0.25, 0.3) is 0 Å². The predicted molar refractivity (Wildman–Crippen MR) is 135 cm³/mol. The third-order valence-corrected chi connectivity index (χ3v) is 8.04. The van der Waals surface area contributed by atoms with Gasteiger partial charge in [0.1, 0.15) is 12.4 Å². The summed E-state index contributed by atoms with van der Waals surface area (Å²) in [5, 5.41) is 18.1. The number of thioether (sulfide) groups is 1. The lowest BCUT2D eigenvalue weighted by atomic mass is 9.98. The highest BCUT2D eigenvalue weighted by Crippen LogP contribution is 2.39. The molecular formula is C23H30Cl3N3O3S. The van der Waals surface area contributed by atoms with E-state index in [4.69, 9.17) is 39.5 Å². The summed E-state index contributed by atoms with van der Waals surface area (Å²) in [4.78, 5) is 15.2. The van der Waals surface area contributed by atoms with E-state index >= 15 is 0 Å². The summed E-state index contributed by atoms with van der Waals surface area (Å²) >= 11 is 18.9. The molecule has 0 saturated carbocycles. The molecule has 33 heavy (non-hydrogen) atoms. The van der Waals surface area contributed by atoms with Crippen LogP contribution in [-0.2, 0) is 11.2 Å². The minimum absolute atomic E-state index is 0.220. The van der Waals surface area contributed by atoms with Gasteiger partial charge in [-0.15, -0.1) is 11.8 Å². The topological polar surface area (TPSA) is 73.8 Å². The van der Waals surface area contributed by atoms with E-state index in [0.29, 0.717) is 30.3 Å². The molecule has 182 valence electrons. The number of ether oxygens (including phenoxy) is 1. The molecule has 3 aliphatic heterocycles. The van der Waals surface area contributed by atoms with Crippen molar-refractivity contribution in [2.75, 3.05) is 19.7 Å². The highest BCUT2D eigenvalue weighted by Gasteiger charge is 2.35. The van der Waals surface area contributed by atoms with Crippen molar-refractivity contribution in [2.45, 2.75) is 66.8 Å². The molecule has 3 heterocycles. The first-order valence-corrected chi connectivity index (χ1v) is 13.3. The summed E-state index contributed by atoms with van der Waals surface area (Å²) in [6.07, 6.45) is 5.64. The summed E-state index contributed by atoms with van der Waals surface area (Å²) in [5.41, 5.74) is 3.22. The number of nitrogens with one attached hydrogen (secondary N) is 2. The normalized spacial score (nSPS) is 27.4. The second kappa shape index (κ2) is 10.4. The van der Waals surface area contributed by atoms with Crippen LogP contribution >= 0.6 is 46.6 Å². The third-order valence-electron chi connectivity index (χ3n) is 6.37. The minimum Gasteiger partial charge on any atom is -0.508 e. The van der Waals surface area contributed by atoms with Crippen molar-refractivity contribution in [3.8, 4) is 5.75 Å².